The Balaban J connectivity index is 2.90. The summed E-state index contributed by atoms with van der Waals surface area (Å²) in [6.07, 6.45) is 5.68. The van der Waals surface area contributed by atoms with E-state index in [4.69, 9.17) is 4.74 Å². The lowest BCUT2D eigenvalue weighted by molar-refractivity contribution is -0.127. The lowest BCUT2D eigenvalue weighted by Crippen LogP contribution is -2.38. The summed E-state index contributed by atoms with van der Waals surface area (Å²) < 4.78 is 7.70. The first kappa shape index (κ1) is 15.2. The van der Waals surface area contributed by atoms with Crippen LogP contribution in [0.4, 0.5) is 0 Å². The SMILES string of the molecule is CCCn1cc(C(O)C(CC)(CC)OCC)cn1. The van der Waals surface area contributed by atoms with Gasteiger partial charge < -0.3 is 9.84 Å². The second-order valence-electron chi connectivity index (χ2n) is 4.64. The standard InChI is InChI=1S/C14H26N2O2/c1-5-9-16-11-12(10-15-16)13(17)14(6-2,7-3)18-8-4/h10-11,13,17H,5-9H2,1-4H3. The summed E-state index contributed by atoms with van der Waals surface area (Å²) in [6, 6.07) is 0. The molecule has 0 saturated carbocycles. The molecule has 0 aliphatic rings. The topological polar surface area (TPSA) is 47.3 Å². The van der Waals surface area contributed by atoms with Gasteiger partial charge in [0, 0.05) is 24.9 Å². The van der Waals surface area contributed by atoms with Gasteiger partial charge in [-0.05, 0) is 26.2 Å². The fraction of sp³-hybridized carbons (Fsp3) is 0.786. The van der Waals surface area contributed by atoms with Crippen molar-refractivity contribution < 1.29 is 9.84 Å². The third-order valence-corrected chi connectivity index (χ3v) is 3.55. The Bertz CT molecular complexity index is 345. The molecule has 0 radical (unpaired) electrons. The number of rotatable bonds is 8. The lowest BCUT2D eigenvalue weighted by Gasteiger charge is -2.35. The number of nitrogens with zero attached hydrogens (tertiary/aromatic N) is 2. The van der Waals surface area contributed by atoms with Crippen molar-refractivity contribution in [3.63, 3.8) is 0 Å². The zero-order chi connectivity index (χ0) is 13.6. The summed E-state index contributed by atoms with van der Waals surface area (Å²) in [5, 5.41) is 14.8. The van der Waals surface area contributed by atoms with E-state index in [9.17, 15) is 5.11 Å². The first-order valence-electron chi connectivity index (χ1n) is 6.97. The van der Waals surface area contributed by atoms with Crippen LogP contribution in [0.25, 0.3) is 0 Å². The van der Waals surface area contributed by atoms with Gasteiger partial charge in [0.05, 0.1) is 11.8 Å². The number of ether oxygens (including phenoxy) is 1. The minimum absolute atomic E-state index is 0.491. The summed E-state index contributed by atoms with van der Waals surface area (Å²) in [6.45, 7) is 9.68. The van der Waals surface area contributed by atoms with Crippen molar-refractivity contribution in [2.24, 2.45) is 0 Å². The molecule has 1 atom stereocenters. The van der Waals surface area contributed by atoms with Crippen molar-refractivity contribution in [3.05, 3.63) is 18.0 Å². The van der Waals surface area contributed by atoms with Gasteiger partial charge >= 0.3 is 0 Å². The molecule has 0 spiro atoms. The average Bonchev–Trinajstić information content (AvgIpc) is 2.84. The molecule has 0 saturated heterocycles. The van der Waals surface area contributed by atoms with Crippen molar-refractivity contribution in [2.45, 2.75) is 65.2 Å². The highest BCUT2D eigenvalue weighted by Gasteiger charge is 2.37. The van der Waals surface area contributed by atoms with Crippen molar-refractivity contribution in [3.8, 4) is 0 Å². The molecule has 1 aromatic heterocycles. The Morgan fingerprint density at radius 2 is 2.00 bits per heavy atom. The minimum Gasteiger partial charge on any atom is -0.385 e. The molecule has 0 aliphatic heterocycles. The molecule has 1 N–H and O–H groups in total. The van der Waals surface area contributed by atoms with Gasteiger partial charge in [0.25, 0.3) is 0 Å². The molecule has 0 aromatic carbocycles. The monoisotopic (exact) mass is 254 g/mol. The number of aliphatic hydroxyl groups is 1. The highest BCUT2D eigenvalue weighted by atomic mass is 16.5. The maximum Gasteiger partial charge on any atom is 0.111 e. The molecular weight excluding hydrogens is 228 g/mol. The Kier molecular flexibility index (Phi) is 5.82. The molecule has 0 amide bonds. The molecule has 1 rings (SSSR count). The molecular formula is C14H26N2O2. The zero-order valence-electron chi connectivity index (χ0n) is 12.0. The van der Waals surface area contributed by atoms with E-state index >= 15 is 0 Å². The first-order valence-corrected chi connectivity index (χ1v) is 6.97. The number of aromatic nitrogens is 2. The molecule has 1 unspecified atom stereocenters. The van der Waals surface area contributed by atoms with Crippen LogP contribution in [0.5, 0.6) is 0 Å². The van der Waals surface area contributed by atoms with Crippen molar-refractivity contribution in [1.82, 2.24) is 9.78 Å². The fourth-order valence-corrected chi connectivity index (χ4v) is 2.38. The molecule has 4 heteroatoms. The molecule has 0 fully saturated rings. The van der Waals surface area contributed by atoms with Crippen LogP contribution in [-0.2, 0) is 11.3 Å². The number of aliphatic hydroxyl groups excluding tert-OH is 1. The molecule has 1 heterocycles. The molecule has 4 nitrogen and oxygen atoms in total. The van der Waals surface area contributed by atoms with E-state index in [1.54, 1.807) is 6.20 Å². The van der Waals surface area contributed by atoms with Crippen LogP contribution in [0.15, 0.2) is 12.4 Å². The summed E-state index contributed by atoms with van der Waals surface area (Å²) in [7, 11) is 0. The lowest BCUT2D eigenvalue weighted by atomic mass is 9.87. The Morgan fingerprint density at radius 3 is 2.50 bits per heavy atom. The van der Waals surface area contributed by atoms with Crippen LogP contribution in [0.3, 0.4) is 0 Å². The van der Waals surface area contributed by atoms with Gasteiger partial charge in [-0.3, -0.25) is 4.68 Å². The van der Waals surface area contributed by atoms with Crippen molar-refractivity contribution in [2.75, 3.05) is 6.61 Å². The maximum atomic E-state index is 10.6. The smallest absolute Gasteiger partial charge is 0.111 e. The first-order chi connectivity index (χ1) is 8.63. The molecule has 0 aliphatic carbocycles. The summed E-state index contributed by atoms with van der Waals surface area (Å²) in [5.41, 5.74) is 0.357. The van der Waals surface area contributed by atoms with Crippen LogP contribution >= 0.6 is 0 Å². The van der Waals surface area contributed by atoms with Gasteiger partial charge in [-0.1, -0.05) is 20.8 Å². The van der Waals surface area contributed by atoms with Gasteiger partial charge in [0.2, 0.25) is 0 Å². The van der Waals surface area contributed by atoms with Gasteiger partial charge in [0.1, 0.15) is 6.10 Å². The van der Waals surface area contributed by atoms with Gasteiger partial charge in [-0.15, -0.1) is 0 Å². The number of hydrogen-bond donors (Lipinski definition) is 1. The average molecular weight is 254 g/mol. The van der Waals surface area contributed by atoms with Crippen LogP contribution in [0.1, 0.15) is 58.6 Å². The fourth-order valence-electron chi connectivity index (χ4n) is 2.38. The largest absolute Gasteiger partial charge is 0.385 e. The normalized spacial score (nSPS) is 13.8. The molecule has 104 valence electrons. The third-order valence-electron chi connectivity index (χ3n) is 3.55. The van der Waals surface area contributed by atoms with Gasteiger partial charge in [-0.2, -0.15) is 5.10 Å². The van der Waals surface area contributed by atoms with E-state index in [2.05, 4.69) is 25.9 Å². The molecule has 1 aromatic rings. The number of aryl methyl sites for hydroxylation is 1. The summed E-state index contributed by atoms with van der Waals surface area (Å²) in [5.74, 6) is 0. The van der Waals surface area contributed by atoms with E-state index in [-0.39, 0.29) is 0 Å². The van der Waals surface area contributed by atoms with Gasteiger partial charge in [-0.25, -0.2) is 0 Å². The number of hydrogen-bond acceptors (Lipinski definition) is 3. The second-order valence-corrected chi connectivity index (χ2v) is 4.64. The summed E-state index contributed by atoms with van der Waals surface area (Å²) in [4.78, 5) is 0. The molecule has 0 bridgehead atoms. The quantitative estimate of drug-likeness (QED) is 0.776. The zero-order valence-corrected chi connectivity index (χ0v) is 12.0. The van der Waals surface area contributed by atoms with Crippen LogP contribution in [-0.4, -0.2) is 27.1 Å². The van der Waals surface area contributed by atoms with Gasteiger partial charge in [0.15, 0.2) is 0 Å². The minimum atomic E-state index is -0.613. The Hall–Kier alpha value is -0.870. The Morgan fingerprint density at radius 1 is 1.33 bits per heavy atom. The van der Waals surface area contributed by atoms with Crippen molar-refractivity contribution in [1.29, 1.82) is 0 Å². The second kappa shape index (κ2) is 6.90. The van der Waals surface area contributed by atoms with E-state index in [1.807, 2.05) is 17.8 Å². The van der Waals surface area contributed by atoms with E-state index < -0.39 is 11.7 Å². The maximum absolute atomic E-state index is 10.6. The van der Waals surface area contributed by atoms with Crippen molar-refractivity contribution >= 4 is 0 Å². The predicted molar refractivity (Wildman–Crippen MR) is 72.4 cm³/mol. The highest BCUT2D eigenvalue weighted by molar-refractivity contribution is 5.13. The predicted octanol–water partition coefficient (Wildman–Crippen LogP) is 2.92. The van der Waals surface area contributed by atoms with E-state index in [0.29, 0.717) is 6.61 Å². The van der Waals surface area contributed by atoms with Crippen LogP contribution < -0.4 is 0 Å². The van der Waals surface area contributed by atoms with Crippen LogP contribution in [0.2, 0.25) is 0 Å². The third kappa shape index (κ3) is 3.12. The summed E-state index contributed by atoms with van der Waals surface area (Å²) >= 11 is 0. The Labute approximate surface area is 110 Å². The highest BCUT2D eigenvalue weighted by Crippen LogP contribution is 2.35. The van der Waals surface area contributed by atoms with E-state index in [1.165, 1.54) is 0 Å². The van der Waals surface area contributed by atoms with Crippen LogP contribution in [0, 0.1) is 0 Å². The molecule has 18 heavy (non-hydrogen) atoms. The van der Waals surface area contributed by atoms with E-state index in [0.717, 1.165) is 31.4 Å².